The highest BCUT2D eigenvalue weighted by molar-refractivity contribution is 7.89. The molecule has 0 unspecified atom stereocenters. The number of hydrogen-bond donors (Lipinski definition) is 2. The van der Waals surface area contributed by atoms with Crippen LogP contribution < -0.4 is 10.5 Å². The number of likely N-dealkylation sites (N-methyl/N-ethyl adjacent to an activating group) is 1. The summed E-state index contributed by atoms with van der Waals surface area (Å²) in [5, 5.41) is 0. The van der Waals surface area contributed by atoms with E-state index in [-0.39, 0.29) is 17.8 Å². The average Bonchev–Trinajstić information content (AvgIpc) is 2.26. The van der Waals surface area contributed by atoms with Gasteiger partial charge in [-0.05, 0) is 46.1 Å². The first-order valence-corrected chi connectivity index (χ1v) is 7.27. The molecule has 0 radical (unpaired) electrons. The molecule has 1 rings (SSSR count). The Hall–Kier alpha value is -1.18. The zero-order chi connectivity index (χ0) is 14.8. The molecule has 0 aliphatic carbocycles. The number of nitrogen functional groups attached to an aromatic ring is 1. The normalized spacial score (nSPS) is 12.9. The Morgan fingerprint density at radius 1 is 1.37 bits per heavy atom. The molecule has 1 aromatic carbocycles. The van der Waals surface area contributed by atoms with Crippen molar-refractivity contribution in [1.82, 2.24) is 9.62 Å². The van der Waals surface area contributed by atoms with Gasteiger partial charge in [0, 0.05) is 17.8 Å². The van der Waals surface area contributed by atoms with E-state index in [1.807, 2.05) is 32.8 Å². The molecule has 0 bridgehead atoms. The van der Waals surface area contributed by atoms with Gasteiger partial charge in [-0.25, -0.2) is 17.5 Å². The van der Waals surface area contributed by atoms with E-state index >= 15 is 0 Å². The first-order valence-electron chi connectivity index (χ1n) is 5.78. The minimum absolute atomic E-state index is 0.173. The molecule has 19 heavy (non-hydrogen) atoms. The van der Waals surface area contributed by atoms with Crippen LogP contribution in [0.4, 0.5) is 10.1 Å². The van der Waals surface area contributed by atoms with Gasteiger partial charge in [-0.1, -0.05) is 0 Å². The van der Waals surface area contributed by atoms with Crippen LogP contribution in [0.1, 0.15) is 13.8 Å². The Bertz CT molecular complexity index is 556. The van der Waals surface area contributed by atoms with Crippen LogP contribution in [0.25, 0.3) is 0 Å². The van der Waals surface area contributed by atoms with Crippen LogP contribution in [0.5, 0.6) is 0 Å². The van der Waals surface area contributed by atoms with Crippen molar-refractivity contribution in [3.05, 3.63) is 24.0 Å². The van der Waals surface area contributed by atoms with Gasteiger partial charge in [0.1, 0.15) is 10.7 Å². The predicted molar refractivity (Wildman–Crippen MR) is 73.8 cm³/mol. The van der Waals surface area contributed by atoms with Crippen molar-refractivity contribution in [2.24, 2.45) is 0 Å². The Labute approximate surface area is 113 Å². The Morgan fingerprint density at radius 2 is 1.95 bits per heavy atom. The fourth-order valence-corrected chi connectivity index (χ4v) is 2.50. The van der Waals surface area contributed by atoms with E-state index in [1.54, 1.807) is 0 Å². The lowest BCUT2D eigenvalue weighted by Crippen LogP contribution is -2.48. The molecular weight excluding hydrogens is 269 g/mol. The highest BCUT2D eigenvalue weighted by Gasteiger charge is 2.25. The SMILES string of the molecule is CN(C)C(C)(C)CNS(=O)(=O)c1ccc(N)cc1F. The molecular formula is C12H20FN3O2S. The summed E-state index contributed by atoms with van der Waals surface area (Å²) in [5.74, 6) is -0.852. The fourth-order valence-electron chi connectivity index (χ4n) is 1.24. The molecule has 3 N–H and O–H groups in total. The van der Waals surface area contributed by atoms with E-state index < -0.39 is 20.7 Å². The van der Waals surface area contributed by atoms with E-state index in [4.69, 9.17) is 5.73 Å². The zero-order valence-corrected chi connectivity index (χ0v) is 12.4. The quantitative estimate of drug-likeness (QED) is 0.794. The second-order valence-electron chi connectivity index (χ2n) is 5.22. The van der Waals surface area contributed by atoms with Crippen molar-refractivity contribution in [2.45, 2.75) is 24.3 Å². The largest absolute Gasteiger partial charge is 0.399 e. The molecule has 0 saturated carbocycles. The summed E-state index contributed by atoms with van der Waals surface area (Å²) >= 11 is 0. The van der Waals surface area contributed by atoms with Crippen molar-refractivity contribution >= 4 is 15.7 Å². The van der Waals surface area contributed by atoms with E-state index in [2.05, 4.69) is 4.72 Å². The van der Waals surface area contributed by atoms with Crippen LogP contribution in [-0.4, -0.2) is 39.5 Å². The molecule has 0 saturated heterocycles. The lowest BCUT2D eigenvalue weighted by atomic mass is 10.1. The number of sulfonamides is 1. The summed E-state index contributed by atoms with van der Waals surface area (Å²) < 4.78 is 40.1. The number of benzene rings is 1. The van der Waals surface area contributed by atoms with Crippen molar-refractivity contribution in [3.8, 4) is 0 Å². The summed E-state index contributed by atoms with van der Waals surface area (Å²) in [6.45, 7) is 3.94. The molecule has 1 aromatic rings. The van der Waals surface area contributed by atoms with E-state index in [1.165, 1.54) is 6.07 Å². The van der Waals surface area contributed by atoms with Gasteiger partial charge < -0.3 is 10.6 Å². The van der Waals surface area contributed by atoms with Crippen LogP contribution in [0, 0.1) is 5.82 Å². The van der Waals surface area contributed by atoms with Crippen molar-refractivity contribution in [1.29, 1.82) is 0 Å². The Balaban J connectivity index is 2.94. The molecule has 7 heteroatoms. The lowest BCUT2D eigenvalue weighted by Gasteiger charge is -2.32. The molecule has 0 aromatic heterocycles. The van der Waals surface area contributed by atoms with Gasteiger partial charge in [0.15, 0.2) is 0 Å². The third-order valence-corrected chi connectivity index (χ3v) is 4.59. The molecule has 0 amide bonds. The molecule has 0 fully saturated rings. The van der Waals surface area contributed by atoms with Crippen molar-refractivity contribution < 1.29 is 12.8 Å². The summed E-state index contributed by atoms with van der Waals surface area (Å²) in [4.78, 5) is 1.49. The molecule has 0 heterocycles. The van der Waals surface area contributed by atoms with E-state index in [0.717, 1.165) is 12.1 Å². The van der Waals surface area contributed by atoms with Crippen molar-refractivity contribution in [3.63, 3.8) is 0 Å². The van der Waals surface area contributed by atoms with Crippen LogP contribution in [0.2, 0.25) is 0 Å². The fraction of sp³-hybridized carbons (Fsp3) is 0.500. The number of nitrogens with one attached hydrogen (secondary N) is 1. The first kappa shape index (κ1) is 15.9. The average molecular weight is 289 g/mol. The molecule has 0 atom stereocenters. The van der Waals surface area contributed by atoms with Gasteiger partial charge in [-0.15, -0.1) is 0 Å². The van der Waals surface area contributed by atoms with Crippen LogP contribution in [-0.2, 0) is 10.0 Å². The number of anilines is 1. The standard InChI is InChI=1S/C12H20FN3O2S/c1-12(2,16(3)4)8-15-19(17,18)11-6-5-9(14)7-10(11)13/h5-7,15H,8,14H2,1-4H3. The number of hydrogen-bond acceptors (Lipinski definition) is 4. The van der Waals surface area contributed by atoms with Crippen LogP contribution in [0.15, 0.2) is 23.1 Å². The maximum atomic E-state index is 13.6. The highest BCUT2D eigenvalue weighted by atomic mass is 32.2. The van der Waals surface area contributed by atoms with E-state index in [0.29, 0.717) is 0 Å². The zero-order valence-electron chi connectivity index (χ0n) is 11.6. The molecule has 0 aliphatic heterocycles. The summed E-state index contributed by atoms with van der Waals surface area (Å²) in [5.41, 5.74) is 5.20. The third kappa shape index (κ3) is 3.89. The van der Waals surface area contributed by atoms with Gasteiger partial charge >= 0.3 is 0 Å². The summed E-state index contributed by atoms with van der Waals surface area (Å²) in [6.07, 6.45) is 0. The van der Waals surface area contributed by atoms with Crippen molar-refractivity contribution in [2.75, 3.05) is 26.4 Å². The number of nitrogens with zero attached hydrogens (tertiary/aromatic N) is 1. The topological polar surface area (TPSA) is 75.4 Å². The predicted octanol–water partition coefficient (Wildman–Crippen LogP) is 1.03. The monoisotopic (exact) mass is 289 g/mol. The second kappa shape index (κ2) is 5.44. The maximum absolute atomic E-state index is 13.6. The van der Waals surface area contributed by atoms with E-state index in [9.17, 15) is 12.8 Å². The van der Waals surface area contributed by atoms with Gasteiger partial charge in [0.2, 0.25) is 10.0 Å². The lowest BCUT2D eigenvalue weighted by molar-refractivity contribution is 0.199. The molecule has 0 spiro atoms. The summed E-state index contributed by atoms with van der Waals surface area (Å²) in [6, 6.07) is 3.51. The molecule has 108 valence electrons. The molecule has 0 aliphatic rings. The second-order valence-corrected chi connectivity index (χ2v) is 6.96. The van der Waals surface area contributed by atoms with Crippen LogP contribution in [0.3, 0.4) is 0 Å². The van der Waals surface area contributed by atoms with Crippen LogP contribution >= 0.6 is 0 Å². The van der Waals surface area contributed by atoms with Gasteiger partial charge in [-0.3, -0.25) is 0 Å². The molecule has 5 nitrogen and oxygen atoms in total. The Morgan fingerprint density at radius 3 is 2.42 bits per heavy atom. The Kier molecular flexibility index (Phi) is 4.54. The number of halogens is 1. The van der Waals surface area contributed by atoms with Gasteiger partial charge in [0.05, 0.1) is 0 Å². The smallest absolute Gasteiger partial charge is 0.243 e. The van der Waals surface area contributed by atoms with Gasteiger partial charge in [-0.2, -0.15) is 0 Å². The maximum Gasteiger partial charge on any atom is 0.243 e. The third-order valence-electron chi connectivity index (χ3n) is 3.15. The van der Waals surface area contributed by atoms with Gasteiger partial charge in [0.25, 0.3) is 0 Å². The number of nitrogens with two attached hydrogens (primary N) is 1. The minimum atomic E-state index is -3.88. The minimum Gasteiger partial charge on any atom is -0.399 e. The highest BCUT2D eigenvalue weighted by Crippen LogP contribution is 2.18. The number of rotatable bonds is 5. The summed E-state index contributed by atoms with van der Waals surface area (Å²) in [7, 11) is -0.191. The first-order chi connectivity index (χ1) is 8.56.